The second-order valence-corrected chi connectivity index (χ2v) is 6.37. The number of aromatic amines is 1. The Hall–Kier alpha value is -3.10. The highest BCUT2D eigenvalue weighted by Gasteiger charge is 2.25. The minimum atomic E-state index is -2.97. The van der Waals surface area contributed by atoms with Crippen molar-refractivity contribution in [1.82, 2.24) is 9.88 Å². The molecule has 0 spiro atoms. The van der Waals surface area contributed by atoms with Crippen molar-refractivity contribution in [2.75, 3.05) is 20.8 Å². The number of amides is 1. The lowest BCUT2D eigenvalue weighted by molar-refractivity contribution is -0.0512. The molecule has 1 amide bonds. The fraction of sp³-hybridized carbons (Fsp3) is 0.400. The van der Waals surface area contributed by atoms with Crippen molar-refractivity contribution >= 4 is 11.9 Å². The third-order valence-electron chi connectivity index (χ3n) is 4.34. The number of benzene rings is 1. The Balaban J connectivity index is 2.21. The summed E-state index contributed by atoms with van der Waals surface area (Å²) in [6.45, 7) is 2.54. The lowest BCUT2D eigenvalue weighted by Gasteiger charge is -2.18. The van der Waals surface area contributed by atoms with Gasteiger partial charge in [-0.2, -0.15) is 8.78 Å². The zero-order valence-corrected chi connectivity index (χ0v) is 17.0. The van der Waals surface area contributed by atoms with E-state index < -0.39 is 12.6 Å². The first kappa shape index (κ1) is 22.2. The highest BCUT2D eigenvalue weighted by molar-refractivity contribution is 6.00. The fourth-order valence-electron chi connectivity index (χ4n) is 3.01. The SMILES string of the molecule is CCOC(=O)c1c(C)[nH]c(C(=O)N(C)Cc2ccc(OC(F)F)c(OC)c2)c1C. The van der Waals surface area contributed by atoms with Crippen LogP contribution in [0.25, 0.3) is 0 Å². The van der Waals surface area contributed by atoms with E-state index in [2.05, 4.69) is 9.72 Å². The second kappa shape index (κ2) is 9.40. The number of carbonyl (C=O) groups is 2. The monoisotopic (exact) mass is 410 g/mol. The summed E-state index contributed by atoms with van der Waals surface area (Å²) in [7, 11) is 2.94. The van der Waals surface area contributed by atoms with Gasteiger partial charge in [0.05, 0.1) is 19.3 Å². The molecule has 0 atom stereocenters. The Bertz CT molecular complexity index is 895. The maximum absolute atomic E-state index is 12.9. The first-order valence-electron chi connectivity index (χ1n) is 8.93. The normalized spacial score (nSPS) is 10.8. The maximum Gasteiger partial charge on any atom is 0.387 e. The summed E-state index contributed by atoms with van der Waals surface area (Å²) in [4.78, 5) is 29.4. The van der Waals surface area contributed by atoms with E-state index in [0.29, 0.717) is 22.4 Å². The molecule has 0 aliphatic heterocycles. The topological polar surface area (TPSA) is 80.9 Å². The summed E-state index contributed by atoms with van der Waals surface area (Å²) in [6, 6.07) is 4.46. The zero-order valence-electron chi connectivity index (χ0n) is 17.0. The second-order valence-electron chi connectivity index (χ2n) is 6.37. The molecule has 29 heavy (non-hydrogen) atoms. The molecule has 0 fully saturated rings. The molecule has 0 bridgehead atoms. The Morgan fingerprint density at radius 2 is 1.90 bits per heavy atom. The summed E-state index contributed by atoms with van der Waals surface area (Å²) in [6.07, 6.45) is 0. The highest BCUT2D eigenvalue weighted by Crippen LogP contribution is 2.30. The minimum Gasteiger partial charge on any atom is -0.493 e. The summed E-state index contributed by atoms with van der Waals surface area (Å²) in [5.41, 5.74) is 2.35. The van der Waals surface area contributed by atoms with E-state index in [-0.39, 0.29) is 36.3 Å². The molecule has 0 aliphatic rings. The van der Waals surface area contributed by atoms with Crippen LogP contribution in [0, 0.1) is 13.8 Å². The van der Waals surface area contributed by atoms with Crippen LogP contribution in [0.4, 0.5) is 8.78 Å². The average Bonchev–Trinajstić information content (AvgIpc) is 2.96. The molecule has 0 aliphatic carbocycles. The first-order chi connectivity index (χ1) is 13.7. The Kier molecular flexibility index (Phi) is 7.19. The van der Waals surface area contributed by atoms with Gasteiger partial charge in [-0.25, -0.2) is 4.79 Å². The Morgan fingerprint density at radius 3 is 2.48 bits per heavy atom. The molecule has 0 saturated heterocycles. The van der Waals surface area contributed by atoms with Crippen LogP contribution in [0.2, 0.25) is 0 Å². The van der Waals surface area contributed by atoms with Crippen molar-refractivity contribution in [3.8, 4) is 11.5 Å². The number of H-pyrrole nitrogens is 1. The zero-order chi connectivity index (χ0) is 21.7. The number of nitrogens with one attached hydrogen (secondary N) is 1. The van der Waals surface area contributed by atoms with Gasteiger partial charge >= 0.3 is 12.6 Å². The Labute approximate surface area is 167 Å². The van der Waals surface area contributed by atoms with Crippen LogP contribution in [-0.4, -0.2) is 49.1 Å². The molecule has 1 aromatic carbocycles. The smallest absolute Gasteiger partial charge is 0.387 e. The summed E-state index contributed by atoms with van der Waals surface area (Å²) < 4.78 is 39.4. The van der Waals surface area contributed by atoms with Crippen LogP contribution in [0.15, 0.2) is 18.2 Å². The van der Waals surface area contributed by atoms with Gasteiger partial charge in [-0.1, -0.05) is 6.07 Å². The molecule has 9 heteroatoms. The van der Waals surface area contributed by atoms with Gasteiger partial charge in [0, 0.05) is 19.3 Å². The summed E-state index contributed by atoms with van der Waals surface area (Å²) >= 11 is 0. The fourth-order valence-corrected chi connectivity index (χ4v) is 3.01. The molecule has 1 aromatic heterocycles. The lowest BCUT2D eigenvalue weighted by atomic mass is 10.1. The van der Waals surface area contributed by atoms with E-state index in [4.69, 9.17) is 9.47 Å². The van der Waals surface area contributed by atoms with E-state index in [1.807, 2.05) is 0 Å². The van der Waals surface area contributed by atoms with Crippen molar-refractivity contribution in [2.24, 2.45) is 0 Å². The number of carbonyl (C=O) groups excluding carboxylic acids is 2. The van der Waals surface area contributed by atoms with E-state index in [0.717, 1.165) is 0 Å². The predicted octanol–water partition coefficient (Wildman–Crippen LogP) is 3.69. The number of hydrogen-bond donors (Lipinski definition) is 1. The van der Waals surface area contributed by atoms with Gasteiger partial charge in [-0.15, -0.1) is 0 Å². The van der Waals surface area contributed by atoms with Gasteiger partial charge in [0.15, 0.2) is 11.5 Å². The van der Waals surface area contributed by atoms with Crippen LogP contribution in [0.5, 0.6) is 11.5 Å². The van der Waals surface area contributed by atoms with E-state index in [1.165, 1.54) is 24.1 Å². The molecule has 158 valence electrons. The molecule has 0 saturated carbocycles. The number of rotatable bonds is 8. The number of nitrogens with zero attached hydrogens (tertiary/aromatic N) is 1. The van der Waals surface area contributed by atoms with E-state index in [1.54, 1.807) is 33.9 Å². The maximum atomic E-state index is 12.9. The van der Waals surface area contributed by atoms with Crippen LogP contribution in [0.1, 0.15) is 44.6 Å². The lowest BCUT2D eigenvalue weighted by Crippen LogP contribution is -2.27. The first-order valence-corrected chi connectivity index (χ1v) is 8.93. The van der Waals surface area contributed by atoms with Crippen molar-refractivity contribution in [2.45, 2.75) is 33.9 Å². The number of hydrogen-bond acceptors (Lipinski definition) is 5. The molecular formula is C20H24F2N2O5. The third kappa shape index (κ3) is 5.04. The number of alkyl halides is 2. The van der Waals surface area contributed by atoms with E-state index >= 15 is 0 Å². The molecule has 2 rings (SSSR count). The van der Waals surface area contributed by atoms with Crippen molar-refractivity contribution in [3.63, 3.8) is 0 Å². The number of esters is 1. The van der Waals surface area contributed by atoms with Crippen LogP contribution >= 0.6 is 0 Å². The average molecular weight is 410 g/mol. The van der Waals surface area contributed by atoms with Gasteiger partial charge in [-0.05, 0) is 44.0 Å². The molecule has 7 nitrogen and oxygen atoms in total. The molecule has 0 unspecified atom stereocenters. The van der Waals surface area contributed by atoms with Crippen molar-refractivity contribution in [1.29, 1.82) is 0 Å². The van der Waals surface area contributed by atoms with Crippen LogP contribution in [-0.2, 0) is 11.3 Å². The molecule has 1 N–H and O–H groups in total. The van der Waals surface area contributed by atoms with E-state index in [9.17, 15) is 18.4 Å². The van der Waals surface area contributed by atoms with Crippen LogP contribution < -0.4 is 9.47 Å². The third-order valence-corrected chi connectivity index (χ3v) is 4.34. The van der Waals surface area contributed by atoms with Crippen molar-refractivity contribution < 1.29 is 32.6 Å². The molecule has 0 radical (unpaired) electrons. The standard InChI is InChI=1S/C20H24F2N2O5/c1-6-28-19(26)16-11(2)17(23-12(16)3)18(25)24(4)10-13-7-8-14(29-20(21)22)15(9-13)27-5/h7-9,20,23H,6,10H2,1-5H3. The van der Waals surface area contributed by atoms with Gasteiger partial charge in [-0.3, -0.25) is 4.79 Å². The molecule has 2 aromatic rings. The van der Waals surface area contributed by atoms with Gasteiger partial charge < -0.3 is 24.1 Å². The Morgan fingerprint density at radius 1 is 1.21 bits per heavy atom. The summed E-state index contributed by atoms with van der Waals surface area (Å²) in [5.74, 6) is -0.761. The molecular weight excluding hydrogens is 386 g/mol. The summed E-state index contributed by atoms with van der Waals surface area (Å²) in [5, 5.41) is 0. The highest BCUT2D eigenvalue weighted by atomic mass is 19.3. The number of halogens is 2. The van der Waals surface area contributed by atoms with Gasteiger partial charge in [0.2, 0.25) is 0 Å². The largest absolute Gasteiger partial charge is 0.493 e. The number of aryl methyl sites for hydroxylation is 1. The predicted molar refractivity (Wildman–Crippen MR) is 102 cm³/mol. The number of ether oxygens (including phenoxy) is 3. The van der Waals surface area contributed by atoms with Crippen LogP contribution in [0.3, 0.4) is 0 Å². The minimum absolute atomic E-state index is 0.0878. The van der Waals surface area contributed by atoms with Crippen molar-refractivity contribution in [3.05, 3.63) is 46.3 Å². The molecule has 1 heterocycles. The van der Waals surface area contributed by atoms with Gasteiger partial charge in [0.25, 0.3) is 5.91 Å². The number of aromatic nitrogens is 1. The quantitative estimate of drug-likeness (QED) is 0.672. The van der Waals surface area contributed by atoms with Gasteiger partial charge in [0.1, 0.15) is 5.69 Å². The number of methoxy groups -OCH3 is 1.